The smallest absolute Gasteiger partial charge is 0.234 e. The highest BCUT2D eigenvalue weighted by molar-refractivity contribution is 5.88. The minimum Gasteiger partial charge on any atom is -0.345 e. The largest absolute Gasteiger partial charge is 0.345 e. The Morgan fingerprint density at radius 2 is 1.85 bits per heavy atom. The first-order valence-electron chi connectivity index (χ1n) is 7.85. The molecule has 4 heteroatoms. The van der Waals surface area contributed by atoms with Gasteiger partial charge in [0.1, 0.15) is 0 Å². The number of amides is 1. The minimum atomic E-state index is -0.354. The van der Waals surface area contributed by atoms with Gasteiger partial charge in [-0.2, -0.15) is 0 Å². The van der Waals surface area contributed by atoms with Gasteiger partial charge in [-0.25, -0.2) is 0 Å². The SMILES string of the molecule is CCC1(CC)CCN(CC(=O)NC(C(C)=O)C(C)C)C1. The lowest BCUT2D eigenvalue weighted by molar-refractivity contribution is -0.128. The molecule has 1 amide bonds. The van der Waals surface area contributed by atoms with Gasteiger partial charge < -0.3 is 5.32 Å². The molecule has 20 heavy (non-hydrogen) atoms. The first kappa shape index (κ1) is 17.2. The summed E-state index contributed by atoms with van der Waals surface area (Å²) in [4.78, 5) is 25.8. The summed E-state index contributed by atoms with van der Waals surface area (Å²) in [7, 11) is 0. The molecule has 1 aliphatic rings. The molecule has 1 aliphatic heterocycles. The van der Waals surface area contributed by atoms with Gasteiger partial charge in [-0.15, -0.1) is 0 Å². The van der Waals surface area contributed by atoms with E-state index in [0.717, 1.165) is 13.1 Å². The summed E-state index contributed by atoms with van der Waals surface area (Å²) in [5.74, 6) is 0.147. The van der Waals surface area contributed by atoms with E-state index in [2.05, 4.69) is 24.1 Å². The van der Waals surface area contributed by atoms with Gasteiger partial charge >= 0.3 is 0 Å². The molecule has 1 heterocycles. The van der Waals surface area contributed by atoms with Crippen LogP contribution in [0.3, 0.4) is 0 Å². The Labute approximate surface area is 123 Å². The van der Waals surface area contributed by atoms with Crippen LogP contribution < -0.4 is 5.32 Å². The number of nitrogens with zero attached hydrogens (tertiary/aromatic N) is 1. The fraction of sp³-hybridized carbons (Fsp3) is 0.875. The van der Waals surface area contributed by atoms with E-state index < -0.39 is 0 Å². The highest BCUT2D eigenvalue weighted by Crippen LogP contribution is 2.36. The molecule has 0 aromatic carbocycles. The fourth-order valence-corrected chi connectivity index (χ4v) is 3.15. The van der Waals surface area contributed by atoms with E-state index in [-0.39, 0.29) is 23.7 Å². The number of hydrogen-bond acceptors (Lipinski definition) is 3. The quantitative estimate of drug-likeness (QED) is 0.779. The predicted octanol–water partition coefficient (Wildman–Crippen LogP) is 2.23. The maximum Gasteiger partial charge on any atom is 0.234 e. The molecule has 0 bridgehead atoms. The van der Waals surface area contributed by atoms with Crippen molar-refractivity contribution in [3.63, 3.8) is 0 Å². The average molecular weight is 282 g/mol. The van der Waals surface area contributed by atoms with Gasteiger partial charge in [0.25, 0.3) is 0 Å². The Kier molecular flexibility index (Phi) is 6.18. The Bertz CT molecular complexity index is 348. The van der Waals surface area contributed by atoms with Crippen LogP contribution in [0.1, 0.15) is 53.9 Å². The van der Waals surface area contributed by atoms with Gasteiger partial charge in [0.2, 0.25) is 5.91 Å². The summed E-state index contributed by atoms with van der Waals surface area (Å²) in [6, 6.07) is -0.354. The van der Waals surface area contributed by atoms with Crippen LogP contribution in [0, 0.1) is 11.3 Å². The summed E-state index contributed by atoms with van der Waals surface area (Å²) >= 11 is 0. The van der Waals surface area contributed by atoms with Gasteiger partial charge in [0.05, 0.1) is 12.6 Å². The van der Waals surface area contributed by atoms with Crippen LogP contribution in [0.15, 0.2) is 0 Å². The molecule has 0 radical (unpaired) electrons. The summed E-state index contributed by atoms with van der Waals surface area (Å²) in [5.41, 5.74) is 0.387. The zero-order valence-electron chi connectivity index (χ0n) is 13.7. The highest BCUT2D eigenvalue weighted by Gasteiger charge is 2.35. The van der Waals surface area contributed by atoms with Crippen molar-refractivity contribution in [1.29, 1.82) is 0 Å². The van der Waals surface area contributed by atoms with Crippen LogP contribution in [0.4, 0.5) is 0 Å². The van der Waals surface area contributed by atoms with E-state index in [1.165, 1.54) is 19.3 Å². The highest BCUT2D eigenvalue weighted by atomic mass is 16.2. The second-order valence-corrected chi connectivity index (χ2v) is 6.57. The number of carbonyl (C=O) groups is 2. The number of Topliss-reactive ketones (excluding diaryl/α,β-unsaturated/α-hetero) is 1. The molecule has 0 aliphatic carbocycles. The summed E-state index contributed by atoms with van der Waals surface area (Å²) in [6.07, 6.45) is 3.51. The molecule has 1 rings (SSSR count). The first-order valence-corrected chi connectivity index (χ1v) is 7.85. The number of nitrogens with one attached hydrogen (secondary N) is 1. The third-order valence-electron chi connectivity index (χ3n) is 4.81. The Morgan fingerprint density at radius 3 is 2.25 bits per heavy atom. The molecule has 1 unspecified atom stereocenters. The lowest BCUT2D eigenvalue weighted by Crippen LogP contribution is -2.47. The Morgan fingerprint density at radius 1 is 1.25 bits per heavy atom. The molecule has 1 atom stereocenters. The van der Waals surface area contributed by atoms with Gasteiger partial charge in [0.15, 0.2) is 5.78 Å². The zero-order valence-corrected chi connectivity index (χ0v) is 13.7. The summed E-state index contributed by atoms with van der Waals surface area (Å²) in [6.45, 7) is 12.3. The molecule has 0 aromatic heterocycles. The number of hydrogen-bond donors (Lipinski definition) is 1. The van der Waals surface area contributed by atoms with Crippen molar-refractivity contribution in [3.8, 4) is 0 Å². The van der Waals surface area contributed by atoms with Crippen molar-refractivity contribution < 1.29 is 9.59 Å². The van der Waals surface area contributed by atoms with E-state index in [0.29, 0.717) is 12.0 Å². The monoisotopic (exact) mass is 282 g/mol. The van der Waals surface area contributed by atoms with Crippen molar-refractivity contribution in [2.45, 2.75) is 59.9 Å². The zero-order chi connectivity index (χ0) is 15.3. The van der Waals surface area contributed by atoms with Crippen molar-refractivity contribution in [2.75, 3.05) is 19.6 Å². The lowest BCUT2D eigenvalue weighted by atomic mass is 9.82. The average Bonchev–Trinajstić information content (AvgIpc) is 2.79. The van der Waals surface area contributed by atoms with E-state index in [1.54, 1.807) is 6.92 Å². The molecule has 1 fully saturated rings. The standard InChI is InChI=1S/C16H30N2O2/c1-6-16(7-2)8-9-18(11-16)10-14(20)17-15(12(3)4)13(5)19/h12,15H,6-11H2,1-5H3,(H,17,20). The van der Waals surface area contributed by atoms with Crippen LogP contribution in [0.2, 0.25) is 0 Å². The Hall–Kier alpha value is -0.900. The number of carbonyl (C=O) groups excluding carboxylic acids is 2. The summed E-state index contributed by atoms with van der Waals surface area (Å²) < 4.78 is 0. The number of rotatable bonds is 7. The van der Waals surface area contributed by atoms with Crippen molar-refractivity contribution in [1.82, 2.24) is 10.2 Å². The van der Waals surface area contributed by atoms with E-state index in [4.69, 9.17) is 0 Å². The van der Waals surface area contributed by atoms with Crippen LogP contribution >= 0.6 is 0 Å². The molecular formula is C16H30N2O2. The predicted molar refractivity (Wildman–Crippen MR) is 81.5 cm³/mol. The minimum absolute atomic E-state index is 0.0260. The molecule has 116 valence electrons. The second-order valence-electron chi connectivity index (χ2n) is 6.57. The molecule has 0 saturated carbocycles. The topological polar surface area (TPSA) is 49.4 Å². The van der Waals surface area contributed by atoms with E-state index >= 15 is 0 Å². The van der Waals surface area contributed by atoms with Gasteiger partial charge in [-0.3, -0.25) is 14.5 Å². The molecule has 1 saturated heterocycles. The lowest BCUT2D eigenvalue weighted by Gasteiger charge is -2.27. The first-order chi connectivity index (χ1) is 9.33. The molecule has 0 aromatic rings. The third kappa shape index (κ3) is 4.30. The molecule has 4 nitrogen and oxygen atoms in total. The van der Waals surface area contributed by atoms with Crippen molar-refractivity contribution in [3.05, 3.63) is 0 Å². The maximum absolute atomic E-state index is 12.1. The van der Waals surface area contributed by atoms with Crippen LogP contribution in [-0.4, -0.2) is 42.3 Å². The van der Waals surface area contributed by atoms with Crippen LogP contribution in [-0.2, 0) is 9.59 Å². The van der Waals surface area contributed by atoms with Gasteiger partial charge in [0, 0.05) is 6.54 Å². The van der Waals surface area contributed by atoms with Crippen molar-refractivity contribution >= 4 is 11.7 Å². The Balaban J connectivity index is 2.50. The van der Waals surface area contributed by atoms with Crippen LogP contribution in [0.5, 0.6) is 0 Å². The normalized spacial score (nSPS) is 20.1. The van der Waals surface area contributed by atoms with E-state index in [9.17, 15) is 9.59 Å². The van der Waals surface area contributed by atoms with E-state index in [1.807, 2.05) is 13.8 Å². The number of ketones is 1. The van der Waals surface area contributed by atoms with Gasteiger partial charge in [-0.05, 0) is 44.1 Å². The number of likely N-dealkylation sites (tertiary alicyclic amines) is 1. The molecule has 1 N–H and O–H groups in total. The van der Waals surface area contributed by atoms with Crippen molar-refractivity contribution in [2.24, 2.45) is 11.3 Å². The van der Waals surface area contributed by atoms with Crippen LogP contribution in [0.25, 0.3) is 0 Å². The summed E-state index contributed by atoms with van der Waals surface area (Å²) in [5, 5.41) is 2.88. The molecular weight excluding hydrogens is 252 g/mol. The molecule has 0 spiro atoms. The fourth-order valence-electron chi connectivity index (χ4n) is 3.15. The second kappa shape index (κ2) is 7.21. The third-order valence-corrected chi connectivity index (χ3v) is 4.81. The van der Waals surface area contributed by atoms with Gasteiger partial charge in [-0.1, -0.05) is 27.7 Å². The maximum atomic E-state index is 12.1.